The minimum atomic E-state index is -1.01. The summed E-state index contributed by atoms with van der Waals surface area (Å²) in [5, 5.41) is 19.6. The second-order valence-corrected chi connectivity index (χ2v) is 6.77. The SMILES string of the molecule is N#CC(=Cc1cn(Cc2ccc(F)cc2)c2ncccc12)c1ccc(C(=O)O)cc1. The van der Waals surface area contributed by atoms with Gasteiger partial charge in [0.15, 0.2) is 0 Å². The van der Waals surface area contributed by atoms with Crippen molar-refractivity contribution in [3.63, 3.8) is 0 Å². The average molecular weight is 397 g/mol. The molecule has 1 N–H and O–H groups in total. The van der Waals surface area contributed by atoms with Crippen molar-refractivity contribution in [1.29, 1.82) is 5.26 Å². The number of hydrogen-bond acceptors (Lipinski definition) is 3. The molecule has 0 fully saturated rings. The van der Waals surface area contributed by atoms with E-state index < -0.39 is 5.97 Å². The third-order valence-corrected chi connectivity index (χ3v) is 4.79. The number of carbonyl (C=O) groups is 1. The van der Waals surface area contributed by atoms with Crippen LogP contribution >= 0.6 is 0 Å². The van der Waals surface area contributed by atoms with Gasteiger partial charge in [-0.05, 0) is 53.6 Å². The van der Waals surface area contributed by atoms with E-state index in [0.29, 0.717) is 17.7 Å². The van der Waals surface area contributed by atoms with Gasteiger partial charge in [0.05, 0.1) is 17.2 Å². The molecule has 0 saturated heterocycles. The number of hydrogen-bond donors (Lipinski definition) is 1. The van der Waals surface area contributed by atoms with Gasteiger partial charge in [-0.1, -0.05) is 24.3 Å². The van der Waals surface area contributed by atoms with Crippen LogP contribution in [0, 0.1) is 17.1 Å². The number of halogens is 1. The highest BCUT2D eigenvalue weighted by Gasteiger charge is 2.11. The van der Waals surface area contributed by atoms with E-state index in [1.807, 2.05) is 22.9 Å². The van der Waals surface area contributed by atoms with E-state index in [1.165, 1.54) is 24.3 Å². The van der Waals surface area contributed by atoms with Gasteiger partial charge in [0.2, 0.25) is 0 Å². The molecule has 0 unspecified atom stereocenters. The van der Waals surface area contributed by atoms with Crippen molar-refractivity contribution >= 4 is 28.7 Å². The van der Waals surface area contributed by atoms with Crippen LogP contribution < -0.4 is 0 Å². The second-order valence-electron chi connectivity index (χ2n) is 6.77. The third kappa shape index (κ3) is 3.82. The highest BCUT2D eigenvalue weighted by atomic mass is 19.1. The number of nitrogens with zero attached hydrogens (tertiary/aromatic N) is 3. The summed E-state index contributed by atoms with van der Waals surface area (Å²) in [5.74, 6) is -1.30. The third-order valence-electron chi connectivity index (χ3n) is 4.79. The van der Waals surface area contributed by atoms with Gasteiger partial charge in [-0.25, -0.2) is 14.2 Å². The Bertz CT molecular complexity index is 1300. The fourth-order valence-electron chi connectivity index (χ4n) is 3.30. The maximum absolute atomic E-state index is 13.2. The molecule has 0 bridgehead atoms. The summed E-state index contributed by atoms with van der Waals surface area (Å²) in [6.45, 7) is 0.511. The Balaban J connectivity index is 1.75. The number of carboxylic acid groups (broad SMARTS) is 1. The first kappa shape index (κ1) is 19.1. The summed E-state index contributed by atoms with van der Waals surface area (Å²) in [4.78, 5) is 15.5. The minimum absolute atomic E-state index is 0.163. The van der Waals surface area contributed by atoms with E-state index in [4.69, 9.17) is 5.11 Å². The summed E-state index contributed by atoms with van der Waals surface area (Å²) >= 11 is 0. The maximum Gasteiger partial charge on any atom is 0.335 e. The van der Waals surface area contributed by atoms with Crippen LogP contribution in [-0.2, 0) is 6.54 Å². The number of pyridine rings is 1. The summed E-state index contributed by atoms with van der Waals surface area (Å²) in [6.07, 6.45) is 5.37. The Labute approximate surface area is 172 Å². The van der Waals surface area contributed by atoms with Crippen molar-refractivity contribution in [2.45, 2.75) is 6.54 Å². The Kier molecular flexibility index (Phi) is 5.10. The van der Waals surface area contributed by atoms with Crippen LogP contribution in [0.25, 0.3) is 22.7 Å². The van der Waals surface area contributed by atoms with Gasteiger partial charge in [0.1, 0.15) is 11.5 Å². The van der Waals surface area contributed by atoms with Crippen LogP contribution in [0.5, 0.6) is 0 Å². The molecule has 4 rings (SSSR count). The molecule has 4 aromatic rings. The molecule has 6 heteroatoms. The van der Waals surface area contributed by atoms with Crippen LogP contribution in [0.3, 0.4) is 0 Å². The van der Waals surface area contributed by atoms with Crippen LogP contribution in [0.4, 0.5) is 4.39 Å². The standard InChI is InChI=1S/C24H16FN3O2/c25-21-9-3-16(4-10-21)14-28-15-20(22-2-1-11-27-23(22)28)12-19(13-26)17-5-7-18(8-6-17)24(29)30/h1-12,15H,14H2,(H,29,30). The zero-order chi connectivity index (χ0) is 21.1. The number of rotatable bonds is 5. The maximum atomic E-state index is 13.2. The van der Waals surface area contributed by atoms with Crippen molar-refractivity contribution < 1.29 is 14.3 Å². The zero-order valence-electron chi connectivity index (χ0n) is 15.8. The molecule has 0 atom stereocenters. The van der Waals surface area contributed by atoms with E-state index in [0.717, 1.165) is 22.2 Å². The van der Waals surface area contributed by atoms with Crippen LogP contribution in [0.1, 0.15) is 27.0 Å². The Hall–Kier alpha value is -4.24. The van der Waals surface area contributed by atoms with Gasteiger partial charge in [-0.15, -0.1) is 0 Å². The highest BCUT2D eigenvalue weighted by molar-refractivity contribution is 5.97. The van der Waals surface area contributed by atoms with Crippen molar-refractivity contribution in [2.24, 2.45) is 0 Å². The first-order chi connectivity index (χ1) is 14.5. The molecule has 5 nitrogen and oxygen atoms in total. The molecule has 0 aliphatic rings. The van der Waals surface area contributed by atoms with Crippen molar-refractivity contribution in [3.05, 3.63) is 101 Å². The van der Waals surface area contributed by atoms with E-state index in [1.54, 1.807) is 36.5 Å². The predicted octanol–water partition coefficient (Wildman–Crippen LogP) is 4.99. The molecular formula is C24H16FN3O2. The van der Waals surface area contributed by atoms with Gasteiger partial charge in [0.25, 0.3) is 0 Å². The summed E-state index contributed by atoms with van der Waals surface area (Å²) < 4.78 is 15.2. The monoisotopic (exact) mass is 397 g/mol. The Morgan fingerprint density at radius 1 is 1.10 bits per heavy atom. The average Bonchev–Trinajstić information content (AvgIpc) is 3.11. The molecule has 2 heterocycles. The lowest BCUT2D eigenvalue weighted by Gasteiger charge is -2.04. The number of nitriles is 1. The number of carboxylic acids is 1. The molecule has 0 saturated carbocycles. The molecule has 2 aromatic carbocycles. The topological polar surface area (TPSA) is 78.9 Å². The van der Waals surface area contributed by atoms with E-state index in [-0.39, 0.29) is 11.4 Å². The van der Waals surface area contributed by atoms with Gasteiger partial charge < -0.3 is 9.67 Å². The quantitative estimate of drug-likeness (QED) is 0.482. The molecule has 0 spiro atoms. The fourth-order valence-corrected chi connectivity index (χ4v) is 3.30. The van der Waals surface area contributed by atoms with Gasteiger partial charge in [0, 0.05) is 29.9 Å². The number of aromatic carboxylic acids is 1. The molecule has 0 radical (unpaired) electrons. The van der Waals surface area contributed by atoms with Crippen molar-refractivity contribution in [1.82, 2.24) is 9.55 Å². The summed E-state index contributed by atoms with van der Waals surface area (Å²) in [7, 11) is 0. The lowest BCUT2D eigenvalue weighted by atomic mass is 10.0. The summed E-state index contributed by atoms with van der Waals surface area (Å²) in [6, 6.07) is 18.4. The molecule has 0 amide bonds. The van der Waals surface area contributed by atoms with E-state index in [9.17, 15) is 14.4 Å². The normalized spacial score (nSPS) is 11.4. The molecule has 0 aliphatic heterocycles. The first-order valence-corrected chi connectivity index (χ1v) is 9.19. The smallest absolute Gasteiger partial charge is 0.335 e. The molecule has 146 valence electrons. The fraction of sp³-hybridized carbons (Fsp3) is 0.0417. The lowest BCUT2D eigenvalue weighted by molar-refractivity contribution is 0.0697. The number of aromatic nitrogens is 2. The molecule has 0 aliphatic carbocycles. The second kappa shape index (κ2) is 8.02. The lowest BCUT2D eigenvalue weighted by Crippen LogP contribution is -1.99. The Morgan fingerprint density at radius 3 is 2.47 bits per heavy atom. The Morgan fingerprint density at radius 2 is 1.80 bits per heavy atom. The number of fused-ring (bicyclic) bond motifs is 1. The van der Waals surface area contributed by atoms with Gasteiger partial charge in [-0.2, -0.15) is 5.26 Å². The van der Waals surface area contributed by atoms with Gasteiger partial charge in [-0.3, -0.25) is 0 Å². The van der Waals surface area contributed by atoms with Crippen LogP contribution in [0.15, 0.2) is 73.1 Å². The predicted molar refractivity (Wildman–Crippen MR) is 112 cm³/mol. The number of benzene rings is 2. The molecule has 2 aromatic heterocycles. The number of allylic oxidation sites excluding steroid dienone is 1. The minimum Gasteiger partial charge on any atom is -0.478 e. The van der Waals surface area contributed by atoms with E-state index >= 15 is 0 Å². The molecule has 30 heavy (non-hydrogen) atoms. The van der Waals surface area contributed by atoms with Crippen molar-refractivity contribution in [2.75, 3.05) is 0 Å². The van der Waals surface area contributed by atoms with Crippen LogP contribution in [0.2, 0.25) is 0 Å². The first-order valence-electron chi connectivity index (χ1n) is 9.19. The van der Waals surface area contributed by atoms with Gasteiger partial charge >= 0.3 is 5.97 Å². The van der Waals surface area contributed by atoms with E-state index in [2.05, 4.69) is 11.1 Å². The highest BCUT2D eigenvalue weighted by Crippen LogP contribution is 2.26. The van der Waals surface area contributed by atoms with Crippen molar-refractivity contribution in [3.8, 4) is 6.07 Å². The largest absolute Gasteiger partial charge is 0.478 e. The summed E-state index contributed by atoms with van der Waals surface area (Å²) in [5.41, 5.74) is 3.71. The zero-order valence-corrected chi connectivity index (χ0v) is 15.8. The molecular weight excluding hydrogens is 381 g/mol. The van der Waals surface area contributed by atoms with Crippen LogP contribution in [-0.4, -0.2) is 20.6 Å².